The molecule has 8 bridgehead atoms. The smallest absolute Gasteiger partial charge is 0.0687 e. The molecule has 2 aliphatic heterocycles. The molecule has 5 rings (SSSR count). The Morgan fingerprint density at radius 2 is 1.31 bits per heavy atom. The number of aromatic amines is 1. The van der Waals surface area contributed by atoms with E-state index in [9.17, 15) is 0 Å². The molecule has 146 valence electrons. The van der Waals surface area contributed by atoms with Crippen LogP contribution in [0.3, 0.4) is 0 Å². The van der Waals surface area contributed by atoms with Crippen LogP contribution in [0.25, 0.3) is 46.4 Å². The zero-order valence-corrected chi connectivity index (χ0v) is 18.0. The molecular formula is C24H22FeN4. The summed E-state index contributed by atoms with van der Waals surface area (Å²) in [5, 5.41) is 0. The minimum atomic E-state index is 0. The number of hydrogen-bond donors (Lipinski definition) is 1. The molecule has 0 spiro atoms. The van der Waals surface area contributed by atoms with E-state index in [1.54, 1.807) is 0 Å². The maximum Gasteiger partial charge on any atom is 0.0687 e. The summed E-state index contributed by atoms with van der Waals surface area (Å²) in [6.07, 6.45) is 8.31. The van der Waals surface area contributed by atoms with Crippen molar-refractivity contribution in [1.29, 1.82) is 0 Å². The molecule has 0 atom stereocenters. The summed E-state index contributed by atoms with van der Waals surface area (Å²) in [6, 6.07) is 10.4. The normalized spacial score (nSPS) is 12.3. The van der Waals surface area contributed by atoms with Crippen molar-refractivity contribution in [2.75, 3.05) is 0 Å². The van der Waals surface area contributed by atoms with Crippen molar-refractivity contribution in [1.82, 2.24) is 19.5 Å². The average Bonchev–Trinajstić information content (AvgIpc) is 3.43. The Hall–Kier alpha value is -2.88. The topological polar surface area (TPSA) is 46.5 Å². The molecule has 0 aliphatic carbocycles. The Balaban J connectivity index is 0.00000205. The van der Waals surface area contributed by atoms with Crippen LogP contribution in [-0.4, -0.2) is 19.5 Å². The molecule has 0 saturated carbocycles. The van der Waals surface area contributed by atoms with Gasteiger partial charge in [0, 0.05) is 46.2 Å². The van der Waals surface area contributed by atoms with Gasteiger partial charge in [-0.05, 0) is 92.1 Å². The molecule has 3 aromatic rings. The van der Waals surface area contributed by atoms with Gasteiger partial charge in [-0.15, -0.1) is 0 Å². The van der Waals surface area contributed by atoms with Crippen LogP contribution in [0.1, 0.15) is 39.5 Å². The fraction of sp³-hybridized carbons (Fsp3) is 0.167. The molecule has 0 aromatic carbocycles. The molecule has 0 unspecified atom stereocenters. The molecule has 0 saturated heterocycles. The van der Waals surface area contributed by atoms with E-state index in [1.165, 1.54) is 27.7 Å². The number of aryl methyl sites for hydroxylation is 4. The van der Waals surface area contributed by atoms with Gasteiger partial charge in [0.2, 0.25) is 0 Å². The molecule has 0 amide bonds. The number of H-pyrrole nitrogens is 1. The first-order chi connectivity index (χ1) is 13.5. The maximum absolute atomic E-state index is 4.85. The van der Waals surface area contributed by atoms with Gasteiger partial charge < -0.3 is 9.55 Å². The molecule has 0 fully saturated rings. The Morgan fingerprint density at radius 1 is 0.724 bits per heavy atom. The maximum atomic E-state index is 4.85. The summed E-state index contributed by atoms with van der Waals surface area (Å²) in [4.78, 5) is 13.0. The number of fused-ring (bicyclic) bond motifs is 8. The van der Waals surface area contributed by atoms with E-state index in [0.717, 1.165) is 33.8 Å². The zero-order chi connectivity index (χ0) is 19.4. The Morgan fingerprint density at radius 3 is 2.00 bits per heavy atom. The van der Waals surface area contributed by atoms with Gasteiger partial charge in [0.05, 0.1) is 22.8 Å². The Bertz CT molecular complexity index is 1350. The molecule has 3 aromatic heterocycles. The van der Waals surface area contributed by atoms with Gasteiger partial charge in [-0.1, -0.05) is 0 Å². The molecule has 2 aliphatic rings. The summed E-state index contributed by atoms with van der Waals surface area (Å²) in [5.41, 5.74) is 12.1. The second kappa shape index (κ2) is 7.18. The van der Waals surface area contributed by atoms with Crippen LogP contribution in [0, 0.1) is 20.8 Å². The summed E-state index contributed by atoms with van der Waals surface area (Å²) in [7, 11) is 2.12. The molecule has 5 heterocycles. The van der Waals surface area contributed by atoms with E-state index in [2.05, 4.69) is 92.0 Å². The largest absolute Gasteiger partial charge is 0.355 e. The number of aromatic nitrogens is 4. The first-order valence-corrected chi connectivity index (χ1v) is 9.50. The third-order valence-electron chi connectivity index (χ3n) is 5.71. The van der Waals surface area contributed by atoms with Gasteiger partial charge in [-0.3, -0.25) is 0 Å². The van der Waals surface area contributed by atoms with E-state index in [-0.39, 0.29) is 17.1 Å². The molecule has 5 heteroatoms. The van der Waals surface area contributed by atoms with Gasteiger partial charge >= 0.3 is 0 Å². The molecule has 29 heavy (non-hydrogen) atoms. The minimum absolute atomic E-state index is 0. The first kappa shape index (κ1) is 19.4. The zero-order valence-electron chi connectivity index (χ0n) is 16.9. The van der Waals surface area contributed by atoms with E-state index in [1.807, 2.05) is 0 Å². The van der Waals surface area contributed by atoms with Crippen LogP contribution < -0.4 is 0 Å². The minimum Gasteiger partial charge on any atom is -0.355 e. The van der Waals surface area contributed by atoms with Crippen LogP contribution in [-0.2, 0) is 24.1 Å². The van der Waals surface area contributed by atoms with Gasteiger partial charge in [0.1, 0.15) is 0 Å². The van der Waals surface area contributed by atoms with Crippen molar-refractivity contribution < 1.29 is 17.1 Å². The van der Waals surface area contributed by atoms with Crippen molar-refractivity contribution in [3.05, 3.63) is 69.8 Å². The summed E-state index contributed by atoms with van der Waals surface area (Å²) in [6.45, 7) is 6.52. The van der Waals surface area contributed by atoms with Crippen molar-refractivity contribution in [2.24, 2.45) is 7.05 Å². The van der Waals surface area contributed by atoms with Crippen molar-refractivity contribution in [2.45, 2.75) is 20.8 Å². The van der Waals surface area contributed by atoms with Gasteiger partial charge in [0.25, 0.3) is 0 Å². The number of rotatable bonds is 0. The quantitative estimate of drug-likeness (QED) is 0.331. The second-order valence-corrected chi connectivity index (χ2v) is 7.52. The number of nitrogens with one attached hydrogen (secondary N) is 1. The Labute approximate surface area is 180 Å². The Kier molecular flexibility index (Phi) is 4.81. The van der Waals surface area contributed by atoms with Crippen molar-refractivity contribution >= 4 is 46.4 Å². The van der Waals surface area contributed by atoms with E-state index in [4.69, 9.17) is 9.97 Å². The average molecular weight is 422 g/mol. The first-order valence-electron chi connectivity index (χ1n) is 9.50. The fourth-order valence-corrected chi connectivity index (χ4v) is 4.13. The summed E-state index contributed by atoms with van der Waals surface area (Å²) < 4.78 is 2.26. The van der Waals surface area contributed by atoms with E-state index < -0.39 is 0 Å². The standard InChI is InChI=1S/C24H22N4.Fe/c1-14-15(2)24-16(3)22-10-9-20(27-22)12-19-6-5-17(25-19)11-18-7-8-21(26-18)13-23(14)28(24)4;/h5-13,25H,1-4H3;. The third-order valence-corrected chi connectivity index (χ3v) is 5.71. The monoisotopic (exact) mass is 422 g/mol. The van der Waals surface area contributed by atoms with Crippen molar-refractivity contribution in [3.63, 3.8) is 0 Å². The van der Waals surface area contributed by atoms with Gasteiger partial charge in [0.15, 0.2) is 0 Å². The van der Waals surface area contributed by atoms with Gasteiger partial charge in [-0.25, -0.2) is 9.97 Å². The summed E-state index contributed by atoms with van der Waals surface area (Å²) >= 11 is 0. The van der Waals surface area contributed by atoms with E-state index >= 15 is 0 Å². The predicted molar refractivity (Wildman–Crippen MR) is 118 cm³/mol. The summed E-state index contributed by atoms with van der Waals surface area (Å²) in [5.74, 6) is 0. The third kappa shape index (κ3) is 3.27. The molecule has 4 nitrogen and oxygen atoms in total. The molecule has 1 N–H and O–H groups in total. The number of hydrogen-bond acceptors (Lipinski definition) is 2. The van der Waals surface area contributed by atoms with Gasteiger partial charge in [-0.2, -0.15) is 0 Å². The van der Waals surface area contributed by atoms with E-state index in [0.29, 0.717) is 0 Å². The SMILES string of the molecule is Cc1c(C)c2c(C)c3nc(cc4ccc(cc5nc(cc1n2C)C=C5)[nH]4)C=C3.[Fe]. The van der Waals surface area contributed by atoms with Crippen molar-refractivity contribution in [3.8, 4) is 0 Å². The fourth-order valence-electron chi connectivity index (χ4n) is 4.13. The van der Waals surface area contributed by atoms with Crippen LogP contribution in [0.2, 0.25) is 0 Å². The molecular weight excluding hydrogens is 400 g/mol. The van der Waals surface area contributed by atoms with Crippen LogP contribution in [0.15, 0.2) is 30.3 Å². The van der Waals surface area contributed by atoms with Crippen LogP contribution >= 0.6 is 0 Å². The van der Waals surface area contributed by atoms with Crippen LogP contribution in [0.5, 0.6) is 0 Å². The van der Waals surface area contributed by atoms with Crippen LogP contribution in [0.4, 0.5) is 0 Å². The predicted octanol–water partition coefficient (Wildman–Crippen LogP) is 5.59. The molecule has 0 radical (unpaired) electrons. The number of nitrogens with zero attached hydrogens (tertiary/aromatic N) is 3. The second-order valence-electron chi connectivity index (χ2n) is 7.52.